The van der Waals surface area contributed by atoms with Crippen molar-refractivity contribution in [3.8, 4) is 11.5 Å². The van der Waals surface area contributed by atoms with Crippen LogP contribution in [0.2, 0.25) is 0 Å². The molecule has 0 radical (unpaired) electrons. The Labute approximate surface area is 119 Å². The normalized spacial score (nSPS) is 13.6. The molecule has 0 fully saturated rings. The summed E-state index contributed by atoms with van der Waals surface area (Å²) in [6, 6.07) is 5.51. The third-order valence-corrected chi connectivity index (χ3v) is 3.32. The molecule has 0 amide bonds. The number of rotatable bonds is 8. The maximum Gasteiger partial charge on any atom is 0.323 e. The van der Waals surface area contributed by atoms with Gasteiger partial charge >= 0.3 is 5.97 Å². The molecular weight excluding hydrogens is 258 g/mol. The Morgan fingerprint density at radius 1 is 1.25 bits per heavy atom. The van der Waals surface area contributed by atoms with Gasteiger partial charge in [-0.15, -0.1) is 0 Å². The van der Waals surface area contributed by atoms with Crippen molar-refractivity contribution in [3.05, 3.63) is 23.8 Å². The number of methoxy groups -OCH3 is 2. The molecule has 0 heterocycles. The Hall–Kier alpha value is -1.75. The van der Waals surface area contributed by atoms with Gasteiger partial charge in [-0.25, -0.2) is 0 Å². The largest absolute Gasteiger partial charge is 0.497 e. The van der Waals surface area contributed by atoms with E-state index in [-0.39, 0.29) is 0 Å². The van der Waals surface area contributed by atoms with Gasteiger partial charge in [0.25, 0.3) is 0 Å². The van der Waals surface area contributed by atoms with Gasteiger partial charge in [-0.2, -0.15) is 0 Å². The monoisotopic (exact) mass is 281 g/mol. The minimum Gasteiger partial charge on any atom is -0.497 e. The Kier molecular flexibility index (Phi) is 5.82. The molecular formula is C15H23NO4. The summed E-state index contributed by atoms with van der Waals surface area (Å²) in [7, 11) is 3.18. The summed E-state index contributed by atoms with van der Waals surface area (Å²) in [6.07, 6.45) is 1.38. The van der Waals surface area contributed by atoms with Crippen molar-refractivity contribution < 1.29 is 19.4 Å². The number of carboxylic acids is 1. The first-order valence-electron chi connectivity index (χ1n) is 6.65. The number of carboxylic acid groups (broad SMARTS) is 1. The Balaban J connectivity index is 2.84. The molecule has 1 unspecified atom stereocenters. The SMILES string of the molecule is CCCC(C)(NCc1cc(OC)cc(OC)c1)C(=O)O. The summed E-state index contributed by atoms with van der Waals surface area (Å²) in [5.41, 5.74) is -0.00444. The average molecular weight is 281 g/mol. The van der Waals surface area contributed by atoms with Crippen LogP contribution in [0.3, 0.4) is 0 Å². The third kappa shape index (κ3) is 4.13. The zero-order chi connectivity index (χ0) is 15.2. The highest BCUT2D eigenvalue weighted by Crippen LogP contribution is 2.23. The predicted octanol–water partition coefficient (Wildman–Crippen LogP) is 2.44. The van der Waals surface area contributed by atoms with E-state index in [1.165, 1.54) is 0 Å². The molecule has 0 bridgehead atoms. The van der Waals surface area contributed by atoms with Crippen LogP contribution in [0, 0.1) is 0 Å². The van der Waals surface area contributed by atoms with Gasteiger partial charge < -0.3 is 14.6 Å². The lowest BCUT2D eigenvalue weighted by Crippen LogP contribution is -2.48. The van der Waals surface area contributed by atoms with E-state index in [2.05, 4.69) is 5.32 Å². The van der Waals surface area contributed by atoms with Crippen molar-refractivity contribution in [2.75, 3.05) is 14.2 Å². The summed E-state index contributed by atoms with van der Waals surface area (Å²) >= 11 is 0. The molecule has 0 aromatic heterocycles. The van der Waals surface area contributed by atoms with Gasteiger partial charge in [0, 0.05) is 12.6 Å². The van der Waals surface area contributed by atoms with E-state index in [0.717, 1.165) is 12.0 Å². The van der Waals surface area contributed by atoms with E-state index in [0.29, 0.717) is 24.5 Å². The van der Waals surface area contributed by atoms with Gasteiger partial charge in [0.05, 0.1) is 14.2 Å². The first-order valence-corrected chi connectivity index (χ1v) is 6.65. The molecule has 0 spiro atoms. The molecule has 1 aromatic rings. The molecule has 0 aliphatic carbocycles. The van der Waals surface area contributed by atoms with Crippen molar-refractivity contribution in [2.24, 2.45) is 0 Å². The highest BCUT2D eigenvalue weighted by atomic mass is 16.5. The number of benzene rings is 1. The highest BCUT2D eigenvalue weighted by molar-refractivity contribution is 5.78. The summed E-state index contributed by atoms with van der Waals surface area (Å²) in [5.74, 6) is 0.538. The van der Waals surface area contributed by atoms with E-state index in [1.54, 1.807) is 27.2 Å². The fourth-order valence-electron chi connectivity index (χ4n) is 2.04. The van der Waals surface area contributed by atoms with Crippen LogP contribution in [0.1, 0.15) is 32.3 Å². The molecule has 0 aliphatic heterocycles. The summed E-state index contributed by atoms with van der Waals surface area (Å²) < 4.78 is 10.4. The molecule has 1 atom stereocenters. The van der Waals surface area contributed by atoms with Crippen molar-refractivity contribution in [1.82, 2.24) is 5.32 Å². The minimum absolute atomic E-state index is 0.441. The van der Waals surface area contributed by atoms with Gasteiger partial charge in [-0.1, -0.05) is 13.3 Å². The van der Waals surface area contributed by atoms with Crippen molar-refractivity contribution >= 4 is 5.97 Å². The molecule has 0 aliphatic rings. The predicted molar refractivity (Wildman–Crippen MR) is 77.3 cm³/mol. The Morgan fingerprint density at radius 2 is 1.80 bits per heavy atom. The van der Waals surface area contributed by atoms with Gasteiger partial charge in [0.15, 0.2) is 0 Å². The number of hydrogen-bond acceptors (Lipinski definition) is 4. The number of ether oxygens (including phenoxy) is 2. The number of aliphatic carboxylic acids is 1. The fraction of sp³-hybridized carbons (Fsp3) is 0.533. The lowest BCUT2D eigenvalue weighted by molar-refractivity contribution is -0.144. The van der Waals surface area contributed by atoms with Crippen LogP contribution >= 0.6 is 0 Å². The van der Waals surface area contributed by atoms with Crippen LogP contribution in [-0.4, -0.2) is 30.8 Å². The lowest BCUT2D eigenvalue weighted by atomic mass is 9.96. The number of nitrogens with one attached hydrogen (secondary N) is 1. The second-order valence-electron chi connectivity index (χ2n) is 4.96. The van der Waals surface area contributed by atoms with Crippen LogP contribution in [0.4, 0.5) is 0 Å². The zero-order valence-corrected chi connectivity index (χ0v) is 12.5. The molecule has 5 nitrogen and oxygen atoms in total. The third-order valence-electron chi connectivity index (χ3n) is 3.32. The summed E-state index contributed by atoms with van der Waals surface area (Å²) in [5, 5.41) is 12.4. The first kappa shape index (κ1) is 16.3. The smallest absolute Gasteiger partial charge is 0.323 e. The minimum atomic E-state index is -0.926. The molecule has 112 valence electrons. The Morgan fingerprint density at radius 3 is 2.20 bits per heavy atom. The van der Waals surface area contributed by atoms with Crippen LogP contribution in [0.25, 0.3) is 0 Å². The fourth-order valence-corrected chi connectivity index (χ4v) is 2.04. The van der Waals surface area contributed by atoms with Gasteiger partial charge in [0.1, 0.15) is 17.0 Å². The Bertz CT molecular complexity index is 439. The van der Waals surface area contributed by atoms with Gasteiger partial charge in [-0.05, 0) is 31.0 Å². The van der Waals surface area contributed by atoms with Crippen molar-refractivity contribution in [1.29, 1.82) is 0 Å². The summed E-state index contributed by atoms with van der Waals surface area (Å²) in [6.45, 7) is 4.12. The van der Waals surface area contributed by atoms with E-state index in [9.17, 15) is 9.90 Å². The lowest BCUT2D eigenvalue weighted by Gasteiger charge is -2.26. The van der Waals surface area contributed by atoms with Gasteiger partial charge in [-0.3, -0.25) is 10.1 Å². The van der Waals surface area contributed by atoms with Crippen molar-refractivity contribution in [2.45, 2.75) is 38.8 Å². The second kappa shape index (κ2) is 7.14. The molecule has 20 heavy (non-hydrogen) atoms. The maximum atomic E-state index is 11.4. The van der Waals surface area contributed by atoms with Crippen LogP contribution in [-0.2, 0) is 11.3 Å². The standard InChI is InChI=1S/C15H23NO4/c1-5-6-15(2,14(17)18)16-10-11-7-12(19-3)9-13(8-11)20-4/h7-9,16H,5-6,10H2,1-4H3,(H,17,18). The topological polar surface area (TPSA) is 67.8 Å². The quantitative estimate of drug-likeness (QED) is 0.766. The molecule has 1 aromatic carbocycles. The molecule has 0 saturated carbocycles. The first-order chi connectivity index (χ1) is 9.45. The van der Waals surface area contributed by atoms with E-state index >= 15 is 0 Å². The molecule has 2 N–H and O–H groups in total. The molecule has 5 heteroatoms. The van der Waals surface area contributed by atoms with E-state index in [1.807, 2.05) is 19.1 Å². The zero-order valence-electron chi connectivity index (χ0n) is 12.5. The second-order valence-corrected chi connectivity index (χ2v) is 4.96. The van der Waals surface area contributed by atoms with Crippen LogP contribution < -0.4 is 14.8 Å². The molecule has 1 rings (SSSR count). The van der Waals surface area contributed by atoms with E-state index < -0.39 is 11.5 Å². The number of hydrogen-bond donors (Lipinski definition) is 2. The molecule has 0 saturated heterocycles. The van der Waals surface area contributed by atoms with Crippen LogP contribution in [0.5, 0.6) is 11.5 Å². The van der Waals surface area contributed by atoms with E-state index in [4.69, 9.17) is 9.47 Å². The average Bonchev–Trinajstić information content (AvgIpc) is 2.44. The van der Waals surface area contributed by atoms with Crippen LogP contribution in [0.15, 0.2) is 18.2 Å². The highest BCUT2D eigenvalue weighted by Gasteiger charge is 2.31. The van der Waals surface area contributed by atoms with Crippen molar-refractivity contribution in [3.63, 3.8) is 0 Å². The summed E-state index contributed by atoms with van der Waals surface area (Å²) in [4.78, 5) is 11.4. The maximum absolute atomic E-state index is 11.4. The number of carbonyl (C=O) groups is 1. The van der Waals surface area contributed by atoms with Gasteiger partial charge in [0.2, 0.25) is 0 Å².